The van der Waals surface area contributed by atoms with Gasteiger partial charge in [0.05, 0.1) is 10.8 Å². The predicted octanol–water partition coefficient (Wildman–Crippen LogP) is 2.46. The number of ether oxygens (including phenoxy) is 1. The Labute approximate surface area is 85.3 Å². The van der Waals surface area contributed by atoms with Crippen molar-refractivity contribution in [2.45, 2.75) is 6.92 Å². The van der Waals surface area contributed by atoms with E-state index < -0.39 is 5.97 Å². The molecule has 0 atom stereocenters. The summed E-state index contributed by atoms with van der Waals surface area (Å²) in [7, 11) is 0. The SMILES string of the molecule is Cc1occc(=S)c1OC(=O)CCl. The van der Waals surface area contributed by atoms with Crippen LogP contribution in [-0.2, 0) is 4.79 Å². The summed E-state index contributed by atoms with van der Waals surface area (Å²) in [5, 5.41) is 0. The van der Waals surface area contributed by atoms with Crippen LogP contribution in [0.25, 0.3) is 0 Å². The summed E-state index contributed by atoms with van der Waals surface area (Å²) in [4.78, 5) is 10.8. The lowest BCUT2D eigenvalue weighted by Gasteiger charge is -2.03. The fourth-order valence-electron chi connectivity index (χ4n) is 0.764. The van der Waals surface area contributed by atoms with Crippen LogP contribution in [0.3, 0.4) is 0 Å². The second kappa shape index (κ2) is 4.39. The van der Waals surface area contributed by atoms with Gasteiger partial charge in [-0.25, -0.2) is 0 Å². The topological polar surface area (TPSA) is 39.4 Å². The largest absolute Gasteiger partial charge is 0.466 e. The fraction of sp³-hybridized carbons (Fsp3) is 0.250. The van der Waals surface area contributed by atoms with Crippen molar-refractivity contribution >= 4 is 29.8 Å². The van der Waals surface area contributed by atoms with Gasteiger partial charge in [0.25, 0.3) is 0 Å². The molecule has 0 fully saturated rings. The first-order valence-electron chi connectivity index (χ1n) is 3.50. The molecule has 0 radical (unpaired) electrons. The van der Waals surface area contributed by atoms with Crippen LogP contribution in [0.4, 0.5) is 0 Å². The number of alkyl halides is 1. The molecule has 3 nitrogen and oxygen atoms in total. The van der Waals surface area contributed by atoms with E-state index in [9.17, 15) is 4.79 Å². The number of carbonyl (C=O) groups is 1. The minimum atomic E-state index is -0.544. The smallest absolute Gasteiger partial charge is 0.326 e. The van der Waals surface area contributed by atoms with Crippen LogP contribution in [0.1, 0.15) is 5.76 Å². The lowest BCUT2D eigenvalue weighted by Crippen LogP contribution is -2.10. The summed E-state index contributed by atoms with van der Waals surface area (Å²) >= 11 is 10.2. The van der Waals surface area contributed by atoms with Gasteiger partial charge in [-0.1, -0.05) is 12.2 Å². The van der Waals surface area contributed by atoms with Crippen molar-refractivity contribution in [1.82, 2.24) is 0 Å². The third-order valence-electron chi connectivity index (χ3n) is 1.33. The normalized spacial score (nSPS) is 9.69. The minimum Gasteiger partial charge on any atom is -0.466 e. The highest BCUT2D eigenvalue weighted by Crippen LogP contribution is 2.19. The van der Waals surface area contributed by atoms with Crippen molar-refractivity contribution in [1.29, 1.82) is 0 Å². The molecule has 0 saturated carbocycles. The number of rotatable bonds is 2. The molecule has 70 valence electrons. The van der Waals surface area contributed by atoms with Crippen LogP contribution >= 0.6 is 23.8 Å². The zero-order valence-electron chi connectivity index (χ0n) is 6.87. The van der Waals surface area contributed by atoms with Crippen molar-refractivity contribution in [3.8, 4) is 5.75 Å². The molecule has 1 aromatic heterocycles. The van der Waals surface area contributed by atoms with Gasteiger partial charge in [0.15, 0.2) is 5.75 Å². The molecule has 5 heteroatoms. The lowest BCUT2D eigenvalue weighted by atomic mass is 10.4. The molecule has 1 heterocycles. The van der Waals surface area contributed by atoms with E-state index in [0.29, 0.717) is 10.3 Å². The Morgan fingerprint density at radius 3 is 3.00 bits per heavy atom. The summed E-state index contributed by atoms with van der Waals surface area (Å²) < 4.78 is 10.3. The van der Waals surface area contributed by atoms with Gasteiger partial charge < -0.3 is 9.15 Å². The Hall–Kier alpha value is -0.870. The second-order valence-corrected chi connectivity index (χ2v) is 2.98. The van der Waals surface area contributed by atoms with Crippen LogP contribution in [0.5, 0.6) is 5.75 Å². The number of halogens is 1. The third kappa shape index (κ3) is 2.54. The van der Waals surface area contributed by atoms with Crippen LogP contribution in [0.15, 0.2) is 16.7 Å². The second-order valence-electron chi connectivity index (χ2n) is 2.28. The summed E-state index contributed by atoms with van der Waals surface area (Å²) in [5.41, 5.74) is 0. The van der Waals surface area contributed by atoms with Crippen LogP contribution < -0.4 is 4.74 Å². The fourth-order valence-corrected chi connectivity index (χ4v) is 1.06. The molecule has 0 spiro atoms. The number of carbonyl (C=O) groups excluding carboxylic acids is 1. The molecule has 0 aliphatic heterocycles. The highest BCUT2D eigenvalue weighted by atomic mass is 35.5. The number of esters is 1. The maximum Gasteiger partial charge on any atom is 0.326 e. The monoisotopic (exact) mass is 218 g/mol. The van der Waals surface area contributed by atoms with Gasteiger partial charge in [0, 0.05) is 0 Å². The predicted molar refractivity (Wildman–Crippen MR) is 50.6 cm³/mol. The van der Waals surface area contributed by atoms with Crippen molar-refractivity contribution in [3.63, 3.8) is 0 Å². The molecule has 1 rings (SSSR count). The van der Waals surface area contributed by atoms with Gasteiger partial charge in [-0.3, -0.25) is 4.79 Å². The first-order chi connectivity index (χ1) is 6.15. The zero-order chi connectivity index (χ0) is 9.84. The van der Waals surface area contributed by atoms with Crippen LogP contribution in [0.2, 0.25) is 0 Å². The van der Waals surface area contributed by atoms with Crippen molar-refractivity contribution in [2.24, 2.45) is 0 Å². The van der Waals surface area contributed by atoms with E-state index in [1.165, 1.54) is 6.26 Å². The molecule has 1 aromatic rings. The molecular weight excluding hydrogens is 212 g/mol. The van der Waals surface area contributed by atoms with E-state index in [4.69, 9.17) is 33.0 Å². The van der Waals surface area contributed by atoms with Gasteiger partial charge in [-0.05, 0) is 13.0 Å². The van der Waals surface area contributed by atoms with Gasteiger partial charge in [-0.2, -0.15) is 0 Å². The maximum atomic E-state index is 10.8. The molecular formula is C8H7ClO3S. The van der Waals surface area contributed by atoms with Gasteiger partial charge >= 0.3 is 5.97 Å². The Balaban J connectivity index is 3.00. The number of aryl methyl sites for hydroxylation is 1. The summed E-state index contributed by atoms with van der Waals surface area (Å²) in [6.07, 6.45) is 1.44. The minimum absolute atomic E-state index is 0.205. The third-order valence-corrected chi connectivity index (χ3v) is 1.87. The van der Waals surface area contributed by atoms with E-state index in [1.807, 2.05) is 0 Å². The molecule has 0 aliphatic carbocycles. The van der Waals surface area contributed by atoms with Crippen LogP contribution in [-0.4, -0.2) is 11.8 Å². The quantitative estimate of drug-likeness (QED) is 0.434. The van der Waals surface area contributed by atoms with Gasteiger partial charge in [0.1, 0.15) is 11.6 Å². The van der Waals surface area contributed by atoms with E-state index in [-0.39, 0.29) is 11.6 Å². The Kier molecular flexibility index (Phi) is 3.45. The Morgan fingerprint density at radius 1 is 1.77 bits per heavy atom. The number of hydrogen-bond donors (Lipinski definition) is 0. The summed E-state index contributed by atoms with van der Waals surface area (Å²) in [6.45, 7) is 1.66. The average molecular weight is 219 g/mol. The van der Waals surface area contributed by atoms with Crippen LogP contribution in [0, 0.1) is 11.4 Å². The van der Waals surface area contributed by atoms with E-state index in [2.05, 4.69) is 0 Å². The van der Waals surface area contributed by atoms with Crippen molar-refractivity contribution in [2.75, 3.05) is 5.88 Å². The van der Waals surface area contributed by atoms with E-state index in [1.54, 1.807) is 13.0 Å². The van der Waals surface area contributed by atoms with Crippen molar-refractivity contribution < 1.29 is 13.9 Å². The molecule has 0 bridgehead atoms. The molecule has 0 saturated heterocycles. The Morgan fingerprint density at radius 2 is 2.46 bits per heavy atom. The summed E-state index contributed by atoms with van der Waals surface area (Å²) in [5.74, 6) is -0.0188. The molecule has 0 N–H and O–H groups in total. The van der Waals surface area contributed by atoms with E-state index >= 15 is 0 Å². The first-order valence-corrected chi connectivity index (χ1v) is 4.44. The van der Waals surface area contributed by atoms with Gasteiger partial charge in [0.2, 0.25) is 0 Å². The van der Waals surface area contributed by atoms with Crippen molar-refractivity contribution in [3.05, 3.63) is 22.6 Å². The zero-order valence-corrected chi connectivity index (χ0v) is 8.45. The highest BCUT2D eigenvalue weighted by Gasteiger charge is 2.08. The average Bonchev–Trinajstić information content (AvgIpc) is 2.11. The summed E-state index contributed by atoms with van der Waals surface area (Å²) in [6, 6.07) is 1.54. The molecule has 0 aromatic carbocycles. The molecule has 0 amide bonds. The number of hydrogen-bond acceptors (Lipinski definition) is 4. The standard InChI is InChI=1S/C8H7ClO3S/c1-5-8(12-7(10)4-9)6(13)2-3-11-5/h2-3H,4H2,1H3. The molecule has 13 heavy (non-hydrogen) atoms. The highest BCUT2D eigenvalue weighted by molar-refractivity contribution is 7.71. The molecule has 0 aliphatic rings. The Bertz CT molecular complexity index is 372. The maximum absolute atomic E-state index is 10.8. The lowest BCUT2D eigenvalue weighted by molar-refractivity contribution is -0.131. The molecule has 0 unspecified atom stereocenters. The van der Waals surface area contributed by atoms with Gasteiger partial charge in [-0.15, -0.1) is 11.6 Å². The first kappa shape index (κ1) is 10.2. The van der Waals surface area contributed by atoms with E-state index in [0.717, 1.165) is 0 Å².